The molecule has 28 heavy (non-hydrogen) atoms. The summed E-state index contributed by atoms with van der Waals surface area (Å²) < 4.78 is 27.7. The van der Waals surface area contributed by atoms with Crippen molar-refractivity contribution in [2.45, 2.75) is 38.9 Å². The molecule has 1 aromatic rings. The molecule has 0 spiro atoms. The van der Waals surface area contributed by atoms with E-state index in [-0.39, 0.29) is 16.9 Å². The van der Waals surface area contributed by atoms with Gasteiger partial charge in [-0.2, -0.15) is 0 Å². The topological polar surface area (TPSA) is 45.3 Å². The number of hydrogen-bond acceptors (Lipinski definition) is 5. The number of benzene rings is 1. The Labute approximate surface area is 167 Å². The first-order chi connectivity index (χ1) is 12.9. The van der Waals surface area contributed by atoms with Gasteiger partial charge in [0.1, 0.15) is 5.82 Å². The van der Waals surface area contributed by atoms with Crippen molar-refractivity contribution in [3.8, 4) is 0 Å². The average molecular weight is 391 g/mol. The Balaban J connectivity index is 2.03. The maximum absolute atomic E-state index is 15.7. The molecule has 0 unspecified atom stereocenters. The van der Waals surface area contributed by atoms with Gasteiger partial charge in [0.05, 0.1) is 22.5 Å². The van der Waals surface area contributed by atoms with Gasteiger partial charge >= 0.3 is 7.12 Å². The molecule has 0 aromatic heterocycles. The van der Waals surface area contributed by atoms with E-state index in [0.717, 1.165) is 26.2 Å². The second kappa shape index (κ2) is 7.32. The van der Waals surface area contributed by atoms with E-state index in [2.05, 4.69) is 16.8 Å². The molecule has 0 atom stereocenters. The van der Waals surface area contributed by atoms with Crippen LogP contribution in [0.15, 0.2) is 12.1 Å². The number of carbonyl (C=O) groups excluding carboxylic acids is 1. The van der Waals surface area contributed by atoms with E-state index in [4.69, 9.17) is 9.31 Å². The predicted octanol–water partition coefficient (Wildman–Crippen LogP) is 1.58. The van der Waals surface area contributed by atoms with Crippen molar-refractivity contribution in [2.75, 3.05) is 52.2 Å². The molecule has 0 aliphatic carbocycles. The zero-order valence-electron chi connectivity index (χ0n) is 18.0. The van der Waals surface area contributed by atoms with Crippen LogP contribution >= 0.6 is 0 Å². The molecular formula is C20H31BFN3O3. The third-order valence-corrected chi connectivity index (χ3v) is 6.12. The van der Waals surface area contributed by atoms with Crippen molar-refractivity contribution in [1.29, 1.82) is 0 Å². The quantitative estimate of drug-likeness (QED) is 0.733. The van der Waals surface area contributed by atoms with Crippen molar-refractivity contribution in [2.24, 2.45) is 0 Å². The molecule has 154 valence electrons. The second-order valence-corrected chi connectivity index (χ2v) is 8.94. The number of amides is 1. The van der Waals surface area contributed by atoms with Crippen LogP contribution < -0.4 is 10.4 Å². The summed E-state index contributed by atoms with van der Waals surface area (Å²) in [7, 11) is 4.49. The molecule has 0 bridgehead atoms. The minimum absolute atomic E-state index is 0.0850. The third-order valence-electron chi connectivity index (χ3n) is 6.12. The van der Waals surface area contributed by atoms with Crippen molar-refractivity contribution in [3.63, 3.8) is 0 Å². The van der Waals surface area contributed by atoms with Crippen molar-refractivity contribution < 1.29 is 18.5 Å². The number of carbonyl (C=O) groups is 1. The molecule has 1 aromatic carbocycles. The number of nitrogens with zero attached hydrogens (tertiary/aromatic N) is 3. The molecule has 2 saturated heterocycles. The van der Waals surface area contributed by atoms with Crippen LogP contribution in [-0.2, 0) is 9.31 Å². The standard InChI is InChI=1S/C20H31BFN3O3/c1-19(2)20(3,4)28-21(27-19)14-8-9-15(25-12-10-24(7)11-13-25)16(17(14)22)18(26)23(5)6/h8-9H,10-13H2,1-7H3. The highest BCUT2D eigenvalue weighted by atomic mass is 19.1. The maximum atomic E-state index is 15.7. The van der Waals surface area contributed by atoms with Crippen LogP contribution in [0, 0.1) is 5.82 Å². The first kappa shape index (κ1) is 21.1. The summed E-state index contributed by atoms with van der Waals surface area (Å²) in [5.74, 6) is -0.918. The summed E-state index contributed by atoms with van der Waals surface area (Å²) in [6.07, 6.45) is 0. The van der Waals surface area contributed by atoms with E-state index in [0.29, 0.717) is 5.69 Å². The number of anilines is 1. The Kier molecular flexibility index (Phi) is 5.51. The lowest BCUT2D eigenvalue weighted by atomic mass is 9.77. The van der Waals surface area contributed by atoms with Crippen LogP contribution in [0.5, 0.6) is 0 Å². The summed E-state index contributed by atoms with van der Waals surface area (Å²) >= 11 is 0. The molecule has 2 heterocycles. The summed E-state index contributed by atoms with van der Waals surface area (Å²) in [4.78, 5) is 18.6. The van der Waals surface area contributed by atoms with E-state index in [9.17, 15) is 4.79 Å². The fourth-order valence-electron chi connectivity index (χ4n) is 3.47. The molecule has 0 N–H and O–H groups in total. The van der Waals surface area contributed by atoms with E-state index >= 15 is 4.39 Å². The molecule has 8 heteroatoms. The van der Waals surface area contributed by atoms with Gasteiger partial charge in [-0.25, -0.2) is 4.39 Å². The largest absolute Gasteiger partial charge is 0.497 e. The Bertz CT molecular complexity index is 745. The average Bonchev–Trinajstić information content (AvgIpc) is 2.82. The lowest BCUT2D eigenvalue weighted by molar-refractivity contribution is 0.00578. The SMILES string of the molecule is CN1CCN(c2ccc(B3OC(C)(C)C(C)(C)O3)c(F)c2C(=O)N(C)C)CC1. The smallest absolute Gasteiger partial charge is 0.399 e. The van der Waals surface area contributed by atoms with Crippen LogP contribution in [0.3, 0.4) is 0 Å². The molecule has 1 amide bonds. The van der Waals surface area contributed by atoms with Gasteiger partial charge in [-0.1, -0.05) is 6.07 Å². The van der Waals surface area contributed by atoms with Crippen LogP contribution in [0.25, 0.3) is 0 Å². The predicted molar refractivity (Wildman–Crippen MR) is 110 cm³/mol. The molecule has 2 fully saturated rings. The van der Waals surface area contributed by atoms with Crippen LogP contribution in [0.2, 0.25) is 0 Å². The summed E-state index contributed by atoms with van der Waals surface area (Å²) in [5, 5.41) is 0. The van der Waals surface area contributed by atoms with Crippen LogP contribution in [0.1, 0.15) is 38.1 Å². The minimum atomic E-state index is -0.847. The zero-order chi connectivity index (χ0) is 20.9. The van der Waals surface area contributed by atoms with Gasteiger partial charge in [0, 0.05) is 45.7 Å². The van der Waals surface area contributed by atoms with Crippen molar-refractivity contribution in [3.05, 3.63) is 23.5 Å². The van der Waals surface area contributed by atoms with Crippen molar-refractivity contribution >= 4 is 24.2 Å². The van der Waals surface area contributed by atoms with Crippen molar-refractivity contribution in [1.82, 2.24) is 9.80 Å². The van der Waals surface area contributed by atoms with Gasteiger partial charge in [0.2, 0.25) is 0 Å². The first-order valence-electron chi connectivity index (χ1n) is 9.78. The Morgan fingerprint density at radius 3 is 2.11 bits per heavy atom. The number of piperazine rings is 1. The number of rotatable bonds is 3. The fraction of sp³-hybridized carbons (Fsp3) is 0.650. The normalized spacial score (nSPS) is 21.9. The van der Waals surface area contributed by atoms with Crippen LogP contribution in [-0.4, -0.2) is 81.3 Å². The lowest BCUT2D eigenvalue weighted by Crippen LogP contribution is -2.46. The molecule has 0 radical (unpaired) electrons. The Hall–Kier alpha value is -1.64. The summed E-state index contributed by atoms with van der Waals surface area (Å²) in [5.41, 5.74) is -0.175. The Morgan fingerprint density at radius 1 is 1.07 bits per heavy atom. The number of hydrogen-bond donors (Lipinski definition) is 0. The number of halogens is 1. The van der Waals surface area contributed by atoms with E-state index in [1.807, 2.05) is 33.8 Å². The van der Waals surface area contributed by atoms with E-state index < -0.39 is 24.1 Å². The summed E-state index contributed by atoms with van der Waals surface area (Å²) in [6.45, 7) is 10.9. The highest BCUT2D eigenvalue weighted by Crippen LogP contribution is 2.37. The first-order valence-corrected chi connectivity index (χ1v) is 9.78. The second-order valence-electron chi connectivity index (χ2n) is 8.94. The fourth-order valence-corrected chi connectivity index (χ4v) is 3.47. The molecule has 0 saturated carbocycles. The number of likely N-dealkylation sites (N-methyl/N-ethyl adjacent to an activating group) is 1. The highest BCUT2D eigenvalue weighted by molar-refractivity contribution is 6.62. The van der Waals surface area contributed by atoms with E-state index in [1.54, 1.807) is 20.2 Å². The Morgan fingerprint density at radius 2 is 1.61 bits per heavy atom. The summed E-state index contributed by atoms with van der Waals surface area (Å²) in [6, 6.07) is 3.52. The molecule has 3 rings (SSSR count). The highest BCUT2D eigenvalue weighted by Gasteiger charge is 2.52. The minimum Gasteiger partial charge on any atom is -0.399 e. The maximum Gasteiger partial charge on any atom is 0.497 e. The van der Waals surface area contributed by atoms with E-state index in [1.165, 1.54) is 4.90 Å². The molecular weight excluding hydrogens is 360 g/mol. The molecule has 2 aliphatic rings. The van der Waals surface area contributed by atoms with Gasteiger partial charge in [0.15, 0.2) is 0 Å². The molecule has 2 aliphatic heterocycles. The lowest BCUT2D eigenvalue weighted by Gasteiger charge is -2.35. The third kappa shape index (κ3) is 3.65. The van der Waals surface area contributed by atoms with Gasteiger partial charge < -0.3 is 24.0 Å². The van der Waals surface area contributed by atoms with Gasteiger partial charge in [-0.3, -0.25) is 4.79 Å². The van der Waals surface area contributed by atoms with Gasteiger partial charge in [-0.15, -0.1) is 0 Å². The monoisotopic (exact) mass is 391 g/mol. The van der Waals surface area contributed by atoms with Gasteiger partial charge in [-0.05, 0) is 40.8 Å². The molecule has 6 nitrogen and oxygen atoms in total. The van der Waals surface area contributed by atoms with Crippen LogP contribution in [0.4, 0.5) is 10.1 Å². The van der Waals surface area contributed by atoms with Gasteiger partial charge in [0.25, 0.3) is 5.91 Å². The zero-order valence-corrected chi connectivity index (χ0v) is 18.0.